The fraction of sp³-hybridized carbons (Fsp3) is 0.0952. The number of carbonyl (C=O) groups excluding carboxylic acids is 1. The van der Waals surface area contributed by atoms with Gasteiger partial charge in [-0.05, 0) is 36.8 Å². The first-order chi connectivity index (χ1) is 13.1. The Hall–Kier alpha value is -2.70. The van der Waals surface area contributed by atoms with Crippen molar-refractivity contribution in [3.05, 3.63) is 76.8 Å². The number of hydrogen-bond acceptors (Lipinski definition) is 5. The number of pyridine rings is 1. The Morgan fingerprint density at radius 3 is 2.67 bits per heavy atom. The number of hydrogen-bond donors (Lipinski definition) is 1. The largest absolute Gasteiger partial charge is 0.366 e. The van der Waals surface area contributed by atoms with Crippen molar-refractivity contribution in [2.45, 2.75) is 17.7 Å². The zero-order valence-electron chi connectivity index (χ0n) is 14.7. The average molecular weight is 392 g/mol. The monoisotopic (exact) mass is 391 g/mol. The quantitative estimate of drug-likeness (QED) is 0.483. The second-order valence-corrected chi connectivity index (χ2v) is 8.02. The molecule has 4 nitrogen and oxygen atoms in total. The molecule has 0 saturated carbocycles. The van der Waals surface area contributed by atoms with Crippen molar-refractivity contribution in [3.63, 3.8) is 0 Å². The number of aryl methyl sites for hydroxylation is 1. The second kappa shape index (κ2) is 7.50. The molecule has 0 aliphatic rings. The van der Waals surface area contributed by atoms with E-state index in [0.29, 0.717) is 5.56 Å². The molecule has 0 aliphatic heterocycles. The number of thioether (sulfide) groups is 1. The molecule has 2 aromatic carbocycles. The van der Waals surface area contributed by atoms with E-state index >= 15 is 0 Å². The minimum Gasteiger partial charge on any atom is -0.366 e. The number of aromatic nitrogens is 2. The van der Waals surface area contributed by atoms with Gasteiger partial charge in [-0.15, -0.1) is 11.3 Å². The Morgan fingerprint density at radius 2 is 1.89 bits per heavy atom. The number of rotatable bonds is 5. The van der Waals surface area contributed by atoms with Crippen LogP contribution in [0.3, 0.4) is 0 Å². The van der Waals surface area contributed by atoms with Gasteiger partial charge in [0.25, 0.3) is 0 Å². The highest BCUT2D eigenvalue weighted by atomic mass is 32.2. The molecule has 4 aromatic rings. The molecule has 6 heteroatoms. The predicted molar refractivity (Wildman–Crippen MR) is 112 cm³/mol. The topological polar surface area (TPSA) is 68.9 Å². The van der Waals surface area contributed by atoms with E-state index < -0.39 is 5.91 Å². The summed E-state index contributed by atoms with van der Waals surface area (Å²) in [6, 6.07) is 17.5. The van der Waals surface area contributed by atoms with Gasteiger partial charge < -0.3 is 5.73 Å². The van der Waals surface area contributed by atoms with Crippen molar-refractivity contribution in [1.29, 1.82) is 0 Å². The highest BCUT2D eigenvalue weighted by Gasteiger charge is 2.08. The van der Waals surface area contributed by atoms with Crippen molar-refractivity contribution < 1.29 is 4.79 Å². The number of thiazole rings is 1. The molecule has 1 amide bonds. The van der Waals surface area contributed by atoms with Crippen LogP contribution in [-0.4, -0.2) is 15.9 Å². The van der Waals surface area contributed by atoms with Gasteiger partial charge >= 0.3 is 0 Å². The average Bonchev–Trinajstić information content (AvgIpc) is 3.15. The van der Waals surface area contributed by atoms with Crippen LogP contribution in [0.5, 0.6) is 0 Å². The molecule has 0 radical (unpaired) electrons. The SMILES string of the molecule is Cc1cc(SCc2csc(-c3ccc(C(N)=O)cc3)n2)nc2ccccc12. The summed E-state index contributed by atoms with van der Waals surface area (Å²) in [7, 11) is 0. The number of nitrogens with zero attached hydrogens (tertiary/aromatic N) is 2. The van der Waals surface area contributed by atoms with E-state index in [1.54, 1.807) is 35.2 Å². The van der Waals surface area contributed by atoms with Gasteiger partial charge in [0.15, 0.2) is 0 Å². The van der Waals surface area contributed by atoms with E-state index in [4.69, 9.17) is 15.7 Å². The van der Waals surface area contributed by atoms with Crippen LogP contribution in [0.25, 0.3) is 21.5 Å². The number of fused-ring (bicyclic) bond motifs is 1. The van der Waals surface area contributed by atoms with Crippen LogP contribution in [-0.2, 0) is 5.75 Å². The molecule has 0 unspecified atom stereocenters. The maximum absolute atomic E-state index is 11.2. The van der Waals surface area contributed by atoms with Gasteiger partial charge in [-0.2, -0.15) is 0 Å². The lowest BCUT2D eigenvalue weighted by Gasteiger charge is -2.05. The molecule has 0 aliphatic carbocycles. The van der Waals surface area contributed by atoms with Gasteiger partial charge in [0.05, 0.1) is 16.2 Å². The van der Waals surface area contributed by atoms with E-state index in [1.165, 1.54) is 10.9 Å². The van der Waals surface area contributed by atoms with Crippen LogP contribution in [0.2, 0.25) is 0 Å². The first-order valence-corrected chi connectivity index (χ1v) is 10.3. The molecule has 0 fully saturated rings. The molecule has 2 N–H and O–H groups in total. The number of nitrogens with two attached hydrogens (primary N) is 1. The number of amides is 1. The third-order valence-corrected chi connectivity index (χ3v) is 6.12. The Kier molecular flexibility index (Phi) is 4.92. The van der Waals surface area contributed by atoms with Crippen molar-refractivity contribution in [2.75, 3.05) is 0 Å². The Labute approximate surface area is 165 Å². The highest BCUT2D eigenvalue weighted by molar-refractivity contribution is 7.98. The number of para-hydroxylation sites is 1. The van der Waals surface area contributed by atoms with Gasteiger partial charge in [0.1, 0.15) is 5.01 Å². The van der Waals surface area contributed by atoms with Gasteiger partial charge in [0.2, 0.25) is 5.91 Å². The number of benzene rings is 2. The van der Waals surface area contributed by atoms with E-state index in [-0.39, 0.29) is 0 Å². The van der Waals surface area contributed by atoms with Crippen LogP contribution >= 0.6 is 23.1 Å². The third kappa shape index (κ3) is 3.86. The summed E-state index contributed by atoms with van der Waals surface area (Å²) in [5.41, 5.74) is 10.1. The zero-order chi connectivity index (χ0) is 18.8. The molecule has 27 heavy (non-hydrogen) atoms. The zero-order valence-corrected chi connectivity index (χ0v) is 16.3. The summed E-state index contributed by atoms with van der Waals surface area (Å²) in [4.78, 5) is 20.6. The molecule has 0 bridgehead atoms. The van der Waals surface area contributed by atoms with E-state index in [0.717, 1.165) is 32.6 Å². The van der Waals surface area contributed by atoms with Crippen molar-refractivity contribution in [3.8, 4) is 10.6 Å². The molecular weight excluding hydrogens is 374 g/mol. The summed E-state index contributed by atoms with van der Waals surface area (Å²) in [6.07, 6.45) is 0. The number of primary amides is 1. The first-order valence-electron chi connectivity index (χ1n) is 8.44. The predicted octanol–water partition coefficient (Wildman–Crippen LogP) is 5.06. The molecule has 0 saturated heterocycles. The summed E-state index contributed by atoms with van der Waals surface area (Å²) in [6.45, 7) is 2.12. The molecule has 0 spiro atoms. The maximum atomic E-state index is 11.2. The molecule has 0 atom stereocenters. The molecule has 4 rings (SSSR count). The van der Waals surface area contributed by atoms with Crippen LogP contribution in [0.4, 0.5) is 0 Å². The third-order valence-electron chi connectivity index (χ3n) is 4.24. The van der Waals surface area contributed by atoms with Gasteiger partial charge in [-0.3, -0.25) is 4.79 Å². The Bertz CT molecular complexity index is 1120. The van der Waals surface area contributed by atoms with Crippen LogP contribution in [0, 0.1) is 6.92 Å². The van der Waals surface area contributed by atoms with Crippen molar-refractivity contribution in [2.24, 2.45) is 5.73 Å². The standard InChI is InChI=1S/C21H17N3OS2/c1-13-10-19(24-18-5-3-2-4-17(13)18)26-11-16-12-27-21(23-16)15-8-6-14(7-9-15)20(22)25/h2-10,12H,11H2,1H3,(H2,22,25). The summed E-state index contributed by atoms with van der Waals surface area (Å²) < 4.78 is 0. The van der Waals surface area contributed by atoms with Crippen molar-refractivity contribution in [1.82, 2.24) is 9.97 Å². The van der Waals surface area contributed by atoms with Crippen LogP contribution in [0.1, 0.15) is 21.6 Å². The first kappa shape index (κ1) is 17.7. The Balaban J connectivity index is 1.49. The summed E-state index contributed by atoms with van der Waals surface area (Å²) in [5, 5.41) is 5.20. The highest BCUT2D eigenvalue weighted by Crippen LogP contribution is 2.29. The normalized spacial score (nSPS) is 11.0. The van der Waals surface area contributed by atoms with E-state index in [9.17, 15) is 4.79 Å². The minimum absolute atomic E-state index is 0.420. The second-order valence-electron chi connectivity index (χ2n) is 6.17. The minimum atomic E-state index is -0.420. The lowest BCUT2D eigenvalue weighted by atomic mass is 10.1. The molecule has 134 valence electrons. The summed E-state index contributed by atoms with van der Waals surface area (Å²) in [5.74, 6) is 0.344. The lowest BCUT2D eigenvalue weighted by Crippen LogP contribution is -2.10. The van der Waals surface area contributed by atoms with Gasteiger partial charge in [0, 0.05) is 27.6 Å². The molecular formula is C21H17N3OS2. The Morgan fingerprint density at radius 1 is 1.11 bits per heavy atom. The van der Waals surface area contributed by atoms with Gasteiger partial charge in [-0.1, -0.05) is 42.1 Å². The van der Waals surface area contributed by atoms with Gasteiger partial charge in [-0.25, -0.2) is 9.97 Å². The van der Waals surface area contributed by atoms with Crippen molar-refractivity contribution >= 4 is 39.9 Å². The summed E-state index contributed by atoms with van der Waals surface area (Å²) >= 11 is 3.29. The fourth-order valence-electron chi connectivity index (χ4n) is 2.82. The van der Waals surface area contributed by atoms with Crippen LogP contribution in [0.15, 0.2) is 65.0 Å². The van der Waals surface area contributed by atoms with Crippen LogP contribution < -0.4 is 5.73 Å². The lowest BCUT2D eigenvalue weighted by molar-refractivity contribution is 0.100. The van der Waals surface area contributed by atoms with E-state index in [1.807, 2.05) is 30.3 Å². The molecule has 2 aromatic heterocycles. The number of carbonyl (C=O) groups is 1. The van der Waals surface area contributed by atoms with E-state index in [2.05, 4.69) is 24.4 Å². The smallest absolute Gasteiger partial charge is 0.248 e. The molecule has 2 heterocycles. The fourth-order valence-corrected chi connectivity index (χ4v) is 4.62. The maximum Gasteiger partial charge on any atom is 0.248 e.